The van der Waals surface area contributed by atoms with Gasteiger partial charge in [0.1, 0.15) is 5.76 Å². The van der Waals surface area contributed by atoms with E-state index < -0.39 is 0 Å². The van der Waals surface area contributed by atoms with Crippen LogP contribution >= 0.6 is 11.8 Å². The summed E-state index contributed by atoms with van der Waals surface area (Å²) in [4.78, 5) is 15.5. The number of methoxy groups -OCH3 is 2. The molecule has 1 aliphatic heterocycles. The highest BCUT2D eigenvalue weighted by molar-refractivity contribution is 8.00. The molecule has 0 amide bonds. The molecule has 1 heterocycles. The van der Waals surface area contributed by atoms with Crippen LogP contribution in [0.3, 0.4) is 0 Å². The molecule has 2 unspecified atom stereocenters. The molecule has 0 saturated heterocycles. The number of nitrogens with zero attached hydrogens (tertiary/aromatic N) is 1. The molecule has 0 radical (unpaired) electrons. The van der Waals surface area contributed by atoms with E-state index in [0.29, 0.717) is 5.56 Å². The van der Waals surface area contributed by atoms with Gasteiger partial charge < -0.3 is 14.4 Å². The van der Waals surface area contributed by atoms with Crippen molar-refractivity contribution in [2.75, 3.05) is 19.1 Å². The molecule has 6 rings (SSSR count). The van der Waals surface area contributed by atoms with E-state index in [-0.39, 0.29) is 17.3 Å². The smallest absolute Gasteiger partial charge is 0.337 e. The van der Waals surface area contributed by atoms with Crippen LogP contribution in [0, 0.1) is 6.92 Å². The molecule has 4 aromatic carbocycles. The van der Waals surface area contributed by atoms with Crippen molar-refractivity contribution in [1.82, 2.24) is 0 Å². The molecule has 194 valence electrons. The van der Waals surface area contributed by atoms with Crippen molar-refractivity contribution in [3.63, 3.8) is 0 Å². The van der Waals surface area contributed by atoms with Crippen LogP contribution in [0.2, 0.25) is 0 Å². The second kappa shape index (κ2) is 10.5. The number of carbonyl (C=O) groups is 1. The minimum Gasteiger partial charge on any atom is -0.497 e. The minimum atomic E-state index is -0.330. The van der Waals surface area contributed by atoms with Gasteiger partial charge in [-0.2, -0.15) is 0 Å². The molecule has 0 bridgehead atoms. The lowest BCUT2D eigenvalue weighted by molar-refractivity contribution is 0.0600. The fourth-order valence-electron chi connectivity index (χ4n) is 5.23. The van der Waals surface area contributed by atoms with E-state index in [9.17, 15) is 4.79 Å². The zero-order chi connectivity index (χ0) is 26.9. The molecule has 39 heavy (non-hydrogen) atoms. The summed E-state index contributed by atoms with van der Waals surface area (Å²) in [7, 11) is 3.12. The fraction of sp³-hybridized carbons (Fsp3) is 0.147. The molecular weight excluding hydrogens is 502 g/mol. The first-order chi connectivity index (χ1) is 19.1. The number of fused-ring (bicyclic) bond motifs is 2. The molecule has 0 spiro atoms. The Kier molecular flexibility index (Phi) is 6.76. The first-order valence-electron chi connectivity index (χ1n) is 12.9. The summed E-state index contributed by atoms with van der Waals surface area (Å²) in [6.45, 7) is 2.12. The lowest BCUT2D eigenvalue weighted by Crippen LogP contribution is -2.41. The van der Waals surface area contributed by atoms with Gasteiger partial charge in [-0.3, -0.25) is 0 Å². The maximum atomic E-state index is 11.8. The summed E-state index contributed by atoms with van der Waals surface area (Å²) in [5.74, 6) is 0.547. The predicted molar refractivity (Wildman–Crippen MR) is 160 cm³/mol. The average Bonchev–Trinajstić information content (AvgIpc) is 2.99. The van der Waals surface area contributed by atoms with Crippen molar-refractivity contribution in [1.29, 1.82) is 0 Å². The molecule has 2 atom stereocenters. The van der Waals surface area contributed by atoms with Gasteiger partial charge in [-0.15, -0.1) is 11.8 Å². The third kappa shape index (κ3) is 4.75. The molecule has 0 aromatic heterocycles. The number of benzene rings is 4. The van der Waals surface area contributed by atoms with E-state index >= 15 is 0 Å². The number of ether oxygens (including phenoxy) is 2. The van der Waals surface area contributed by atoms with Crippen LogP contribution < -0.4 is 4.90 Å². The number of anilines is 2. The maximum absolute atomic E-state index is 11.8. The number of hydrogen-bond donors (Lipinski definition) is 0. The summed E-state index contributed by atoms with van der Waals surface area (Å²) in [5, 5.41) is 0.244. The molecule has 4 aromatic rings. The van der Waals surface area contributed by atoms with Crippen molar-refractivity contribution in [2.45, 2.75) is 23.1 Å². The predicted octanol–water partition coefficient (Wildman–Crippen LogP) is 8.20. The number of carbonyl (C=O) groups excluding carboxylic acids is 1. The minimum absolute atomic E-state index is 0.112. The summed E-state index contributed by atoms with van der Waals surface area (Å²) < 4.78 is 10.5. The van der Waals surface area contributed by atoms with E-state index in [2.05, 4.69) is 96.8 Å². The van der Waals surface area contributed by atoms with Gasteiger partial charge in [0.05, 0.1) is 36.8 Å². The lowest BCUT2D eigenvalue weighted by atomic mass is 9.98. The number of hydrogen-bond acceptors (Lipinski definition) is 5. The SMILES string of the molecule is COC(=O)c1ccc(-c2ccc(N3c4cccc(-c5ccc(C)cc5)c4SC4C=CC(OC)=CC43)cc2)cc1. The van der Waals surface area contributed by atoms with E-state index in [1.54, 1.807) is 19.2 Å². The standard InChI is InChI=1S/C34H29NO3S/c1-22-7-9-25(10-8-22)29-5-4-6-30-33(29)39-32-20-19-28(37-2)21-31(32)35(30)27-17-15-24(16-18-27)23-11-13-26(14-12-23)34(36)38-3/h4-21,31-32H,1-3H3. The van der Waals surface area contributed by atoms with Crippen LogP contribution in [0.5, 0.6) is 0 Å². The Labute approximate surface area is 233 Å². The molecule has 2 aliphatic rings. The van der Waals surface area contributed by atoms with Crippen LogP contribution in [-0.2, 0) is 9.47 Å². The van der Waals surface area contributed by atoms with Gasteiger partial charge in [0.15, 0.2) is 0 Å². The van der Waals surface area contributed by atoms with Crippen LogP contribution in [-0.4, -0.2) is 31.5 Å². The Bertz CT molecular complexity index is 1570. The van der Waals surface area contributed by atoms with Crippen LogP contribution in [0.25, 0.3) is 22.3 Å². The number of esters is 1. The summed E-state index contributed by atoms with van der Waals surface area (Å²) in [6, 6.07) is 31.6. The summed E-state index contributed by atoms with van der Waals surface area (Å²) >= 11 is 1.92. The van der Waals surface area contributed by atoms with Gasteiger partial charge in [-0.1, -0.05) is 72.3 Å². The second-order valence-corrected chi connectivity index (χ2v) is 10.9. The average molecular weight is 532 g/mol. The van der Waals surface area contributed by atoms with Crippen LogP contribution in [0.4, 0.5) is 11.4 Å². The number of aryl methyl sites for hydroxylation is 1. The zero-order valence-corrected chi connectivity index (χ0v) is 22.9. The van der Waals surface area contributed by atoms with Crippen molar-refractivity contribution in [3.8, 4) is 22.3 Å². The normalized spacial score (nSPS) is 17.6. The summed E-state index contributed by atoms with van der Waals surface area (Å²) in [5.41, 5.74) is 8.71. The van der Waals surface area contributed by atoms with Gasteiger partial charge in [0.25, 0.3) is 0 Å². The lowest BCUT2D eigenvalue weighted by Gasteiger charge is -2.43. The van der Waals surface area contributed by atoms with Crippen LogP contribution in [0.15, 0.2) is 120 Å². The van der Waals surface area contributed by atoms with Crippen LogP contribution in [0.1, 0.15) is 15.9 Å². The Balaban J connectivity index is 1.41. The monoisotopic (exact) mass is 531 g/mol. The third-order valence-electron chi connectivity index (χ3n) is 7.31. The fourth-order valence-corrected chi connectivity index (χ4v) is 6.60. The van der Waals surface area contributed by atoms with E-state index in [1.807, 2.05) is 23.9 Å². The molecule has 0 fully saturated rings. The van der Waals surface area contributed by atoms with Gasteiger partial charge in [0, 0.05) is 10.6 Å². The highest BCUT2D eigenvalue weighted by Crippen LogP contribution is 2.51. The van der Waals surface area contributed by atoms with Crippen molar-refractivity contribution in [2.24, 2.45) is 0 Å². The molecular formula is C34H29NO3S. The topological polar surface area (TPSA) is 38.8 Å². The van der Waals surface area contributed by atoms with Gasteiger partial charge in [-0.25, -0.2) is 4.79 Å². The molecule has 0 N–H and O–H groups in total. The van der Waals surface area contributed by atoms with Gasteiger partial charge in [-0.05, 0) is 71.7 Å². The Hall–Kier alpha value is -4.22. The number of allylic oxidation sites excluding steroid dienone is 1. The highest BCUT2D eigenvalue weighted by atomic mass is 32.2. The highest BCUT2D eigenvalue weighted by Gasteiger charge is 2.36. The third-order valence-corrected chi connectivity index (χ3v) is 8.68. The van der Waals surface area contributed by atoms with Gasteiger partial charge >= 0.3 is 5.97 Å². The second-order valence-electron chi connectivity index (χ2n) is 9.71. The van der Waals surface area contributed by atoms with E-state index in [4.69, 9.17) is 9.47 Å². The Morgan fingerprint density at radius 1 is 0.821 bits per heavy atom. The van der Waals surface area contributed by atoms with Crippen molar-refractivity contribution in [3.05, 3.63) is 126 Å². The van der Waals surface area contributed by atoms with Gasteiger partial charge in [0.2, 0.25) is 0 Å². The quantitative estimate of drug-likeness (QED) is 0.243. The Morgan fingerprint density at radius 3 is 2.15 bits per heavy atom. The largest absolute Gasteiger partial charge is 0.497 e. The van der Waals surface area contributed by atoms with E-state index in [1.165, 1.54) is 34.4 Å². The first kappa shape index (κ1) is 25.1. The number of thioether (sulfide) groups is 1. The van der Waals surface area contributed by atoms with Crippen molar-refractivity contribution < 1.29 is 14.3 Å². The zero-order valence-electron chi connectivity index (χ0n) is 22.1. The maximum Gasteiger partial charge on any atom is 0.337 e. The first-order valence-corrected chi connectivity index (χ1v) is 13.8. The molecule has 0 saturated carbocycles. The molecule has 1 aliphatic carbocycles. The number of rotatable bonds is 5. The van der Waals surface area contributed by atoms with E-state index in [0.717, 1.165) is 22.6 Å². The van der Waals surface area contributed by atoms with Crippen molar-refractivity contribution >= 4 is 29.1 Å². The Morgan fingerprint density at radius 2 is 1.49 bits per heavy atom. The summed E-state index contributed by atoms with van der Waals surface area (Å²) in [6.07, 6.45) is 6.55. The molecule has 4 nitrogen and oxygen atoms in total. The molecule has 5 heteroatoms.